The molecule has 3 aliphatic rings. The number of unbranched alkanes of at least 4 members (excludes halogenated alkanes) is 1. The molecule has 2 aliphatic heterocycles. The first-order valence-electron chi connectivity index (χ1n) is 20.8. The molecule has 9 nitrogen and oxygen atoms in total. The van der Waals surface area contributed by atoms with Gasteiger partial charge in [-0.25, -0.2) is 0 Å². The van der Waals surface area contributed by atoms with Crippen molar-refractivity contribution < 1.29 is 23.9 Å². The number of Topliss-reactive ketones (excluding diaryl/α,β-unsaturated/α-hetero) is 1. The Bertz CT molecular complexity index is 2300. The maximum atomic E-state index is 14.3. The Labute approximate surface area is 360 Å². The van der Waals surface area contributed by atoms with Crippen molar-refractivity contribution in [3.05, 3.63) is 102 Å². The van der Waals surface area contributed by atoms with Crippen molar-refractivity contribution in [2.75, 3.05) is 13.7 Å². The first-order chi connectivity index (χ1) is 27.3. The predicted octanol–water partition coefficient (Wildman–Crippen LogP) is 7.92. The summed E-state index contributed by atoms with van der Waals surface area (Å²) in [4.78, 5) is 56.3. The van der Waals surface area contributed by atoms with Gasteiger partial charge in [0.2, 0.25) is 0 Å². The third kappa shape index (κ3) is 8.83. The van der Waals surface area contributed by atoms with Gasteiger partial charge in [0.1, 0.15) is 12.5 Å². The number of ketones is 1. The Kier molecular flexibility index (Phi) is 14.8. The van der Waals surface area contributed by atoms with Crippen LogP contribution >= 0.6 is 0 Å². The molecule has 3 aromatic heterocycles. The van der Waals surface area contributed by atoms with Crippen LogP contribution in [0.25, 0.3) is 35.2 Å². The van der Waals surface area contributed by atoms with E-state index in [4.69, 9.17) is 29.7 Å². The fraction of sp³-hybridized carbons (Fsp3) is 0.479. The van der Waals surface area contributed by atoms with Crippen molar-refractivity contribution in [2.24, 2.45) is 23.7 Å². The van der Waals surface area contributed by atoms with Crippen molar-refractivity contribution in [2.45, 2.75) is 113 Å². The van der Waals surface area contributed by atoms with Gasteiger partial charge < -0.3 is 29.7 Å². The third-order valence-corrected chi connectivity index (χ3v) is 12.4. The Hall–Kier alpha value is -4.28. The monoisotopic (exact) mass is 794 g/mol. The number of hydrogen-bond donors (Lipinski definition) is 0. The second kappa shape index (κ2) is 19.2. The molecule has 0 radical (unpaired) electrons. The van der Waals surface area contributed by atoms with E-state index >= 15 is 0 Å². The molecule has 3 aromatic rings. The van der Waals surface area contributed by atoms with Gasteiger partial charge in [0.15, 0.2) is 5.78 Å². The van der Waals surface area contributed by atoms with Crippen molar-refractivity contribution in [1.82, 2.24) is 15.0 Å². The summed E-state index contributed by atoms with van der Waals surface area (Å²) in [7, 11) is 1.29. The number of aromatic nitrogens is 3. The summed E-state index contributed by atoms with van der Waals surface area (Å²) in [5, 5.41) is 6.81. The van der Waals surface area contributed by atoms with Gasteiger partial charge in [0.05, 0.1) is 7.11 Å². The number of esters is 2. The van der Waals surface area contributed by atoms with Crippen LogP contribution in [0, 0.1) is 44.4 Å². The molecule has 1 fully saturated rings. The van der Waals surface area contributed by atoms with Crippen LogP contribution in [0.15, 0.2) is 29.6 Å². The van der Waals surface area contributed by atoms with E-state index in [0.29, 0.717) is 40.2 Å². The quantitative estimate of drug-likeness (QED) is 0.0658. The standard InChI is InChI=1S/C48H59N4O5.Mg/c1-11-14-16-26(4)17-15-18-27(5)21-22-57-41(53)20-19-34-30(8)37-23-35-28(6)32(12-2)39(49-35)24-36-29(7)33(13-3)40(50-36)25-38-31(9)42-46(52-38)43(45(34)51-37)44(47(42)54)48(55)56-10;/h12,21,23-26,30,34,44H,2,11,13-20,22H2,1,3-10H3,(H-,51,52,54);/q-3;+2/p-1/b27-21+,36-24-,37-23-,40-25+;/t26-,30+,34+,44-;/m1./s1. The minimum Gasteiger partial charge on any atom is -0.664 e. The van der Waals surface area contributed by atoms with E-state index in [9.17, 15) is 14.4 Å². The number of hydrogen-bond acceptors (Lipinski definition) is 5. The Morgan fingerprint density at radius 1 is 0.931 bits per heavy atom. The van der Waals surface area contributed by atoms with Crippen LogP contribution in [0.5, 0.6) is 0 Å². The molecule has 304 valence electrons. The smallest absolute Gasteiger partial charge is 0.664 e. The van der Waals surface area contributed by atoms with Crippen LogP contribution in [-0.2, 0) is 25.5 Å². The second-order valence-electron chi connectivity index (χ2n) is 16.2. The Balaban J connectivity index is 0.00000641. The number of carbonyl (C=O) groups excluding carboxylic acids is 3. The number of nitrogens with zero attached hydrogens (tertiary/aromatic N) is 4. The Morgan fingerprint density at radius 3 is 2.33 bits per heavy atom. The summed E-state index contributed by atoms with van der Waals surface area (Å²) in [5.74, 6) is -2.30. The number of carbonyl (C=O) groups is 3. The minimum atomic E-state index is -1.22. The number of rotatable bonds is 15. The van der Waals surface area contributed by atoms with E-state index in [1.807, 2.05) is 44.2 Å². The zero-order valence-corrected chi connectivity index (χ0v) is 37.4. The average molecular weight is 795 g/mol. The summed E-state index contributed by atoms with van der Waals surface area (Å²) in [6.45, 7) is 21.1. The molecule has 0 unspecified atom stereocenters. The average Bonchev–Trinajstić information content (AvgIpc) is 3.93. The van der Waals surface area contributed by atoms with E-state index in [0.717, 1.165) is 75.2 Å². The molecule has 0 spiro atoms. The maximum absolute atomic E-state index is 14.3. The molecule has 1 saturated heterocycles. The van der Waals surface area contributed by atoms with E-state index in [1.54, 1.807) is 0 Å². The van der Waals surface area contributed by atoms with Crippen molar-refractivity contribution in [3.63, 3.8) is 0 Å². The first-order valence-corrected chi connectivity index (χ1v) is 20.8. The van der Waals surface area contributed by atoms with Gasteiger partial charge in [-0.15, -0.1) is 33.5 Å². The normalized spacial score (nSPS) is 22.2. The molecular weight excluding hydrogens is 737 g/mol. The summed E-state index contributed by atoms with van der Waals surface area (Å²) in [6.07, 6.45) is 18.2. The molecule has 8 bridgehead atoms. The molecular formula is C48H58MgN4O5-2. The van der Waals surface area contributed by atoms with Gasteiger partial charge in [0.25, 0.3) is 0 Å². The topological polar surface area (TPSA) is 126 Å². The molecule has 0 aromatic carbocycles. The molecule has 10 heteroatoms. The van der Waals surface area contributed by atoms with Crippen LogP contribution in [0.4, 0.5) is 0 Å². The molecule has 5 heterocycles. The third-order valence-electron chi connectivity index (χ3n) is 12.4. The molecule has 0 saturated carbocycles. The zero-order valence-electron chi connectivity index (χ0n) is 36.0. The fourth-order valence-corrected chi connectivity index (χ4v) is 8.80. The Morgan fingerprint density at radius 2 is 1.64 bits per heavy atom. The van der Waals surface area contributed by atoms with E-state index in [-0.39, 0.29) is 59.7 Å². The van der Waals surface area contributed by atoms with Crippen LogP contribution in [0.1, 0.15) is 147 Å². The molecule has 6 rings (SSSR count). The summed E-state index contributed by atoms with van der Waals surface area (Å²) < 4.78 is 11.0. The van der Waals surface area contributed by atoms with Crippen molar-refractivity contribution in [3.8, 4) is 0 Å². The van der Waals surface area contributed by atoms with Crippen LogP contribution in [0.3, 0.4) is 0 Å². The van der Waals surface area contributed by atoms with E-state index in [1.165, 1.54) is 38.4 Å². The van der Waals surface area contributed by atoms with Crippen LogP contribution in [-0.4, -0.2) is 54.5 Å². The van der Waals surface area contributed by atoms with Gasteiger partial charge in [-0.2, -0.15) is 11.4 Å². The van der Waals surface area contributed by atoms with Gasteiger partial charge in [-0.05, 0) is 82.8 Å². The first kappa shape index (κ1) is 44.8. The summed E-state index contributed by atoms with van der Waals surface area (Å²) in [6, 6.07) is 0. The van der Waals surface area contributed by atoms with Gasteiger partial charge in [-0.1, -0.05) is 118 Å². The van der Waals surface area contributed by atoms with E-state index < -0.39 is 11.9 Å². The summed E-state index contributed by atoms with van der Waals surface area (Å²) in [5.41, 5.74) is 10.7. The van der Waals surface area contributed by atoms with Gasteiger partial charge >= 0.3 is 35.0 Å². The van der Waals surface area contributed by atoms with Gasteiger partial charge in [-0.3, -0.25) is 14.4 Å². The number of methoxy groups -OCH3 is 1. The van der Waals surface area contributed by atoms with E-state index in [2.05, 4.69) is 48.1 Å². The number of ether oxygens (including phenoxy) is 2. The fourth-order valence-electron chi connectivity index (χ4n) is 8.80. The zero-order chi connectivity index (χ0) is 41.1. The molecule has 4 atom stereocenters. The molecule has 0 amide bonds. The number of allylic oxidation sites excluding steroid dienone is 3. The maximum Gasteiger partial charge on any atom is 2.00 e. The SMILES string of the molecule is C=Cc1c2[n-]c(c1C)/C=C1\[N-]/C(=C3\c4[n-]c(c(C)c4C(=O)[C@@H]3C(=O)OC)/C=c3/[n-]/c(c(C)c3CC)=C\2)[C@@H](CCC(=O)OC/C=C(\C)CCC[C@H](C)CCCC)[C@@H]1C.[Mg+2]. The summed E-state index contributed by atoms with van der Waals surface area (Å²) >= 11 is 0. The predicted molar refractivity (Wildman–Crippen MR) is 232 cm³/mol. The minimum absolute atomic E-state index is 0. The van der Waals surface area contributed by atoms with Gasteiger partial charge in [0, 0.05) is 12.0 Å². The van der Waals surface area contributed by atoms with Crippen LogP contribution < -0.4 is 25.7 Å². The molecule has 0 N–H and O–H groups in total. The van der Waals surface area contributed by atoms with Crippen molar-refractivity contribution in [1.29, 1.82) is 0 Å². The van der Waals surface area contributed by atoms with Crippen LogP contribution in [0.2, 0.25) is 0 Å². The number of fused-ring (bicyclic) bond motifs is 7. The largest absolute Gasteiger partial charge is 2.00 e. The second-order valence-corrected chi connectivity index (χ2v) is 16.2. The van der Waals surface area contributed by atoms with Crippen molar-refractivity contribution >= 4 is 70.7 Å². The molecule has 58 heavy (non-hydrogen) atoms. The molecule has 1 aliphatic carbocycles.